The number of aryl methyl sites for hydroxylation is 1. The summed E-state index contributed by atoms with van der Waals surface area (Å²) in [6.45, 7) is 0.912. The van der Waals surface area contributed by atoms with Crippen molar-refractivity contribution < 1.29 is 9.18 Å². The number of rotatable bonds is 3. The van der Waals surface area contributed by atoms with Crippen molar-refractivity contribution >= 4 is 22.5 Å². The lowest BCUT2D eigenvalue weighted by Gasteiger charge is -2.09. The summed E-state index contributed by atoms with van der Waals surface area (Å²) in [6.07, 6.45) is 4.40. The van der Waals surface area contributed by atoms with Crippen LogP contribution in [0.25, 0.3) is 22.3 Å². The predicted octanol–water partition coefficient (Wildman–Crippen LogP) is 4.54. The number of carbonyl (C=O) groups excluding carboxylic acids is 1. The molecule has 6 nitrogen and oxygen atoms in total. The lowest BCUT2D eigenvalue weighted by atomic mass is 10.1. The maximum absolute atomic E-state index is 13.9. The van der Waals surface area contributed by atoms with Crippen LogP contribution in [0.1, 0.15) is 35.6 Å². The molecular formula is C22H20FN5O. The number of anilines is 1. The Morgan fingerprint density at radius 3 is 2.86 bits per heavy atom. The molecule has 0 aliphatic carbocycles. The molecule has 146 valence electrons. The molecule has 0 unspecified atom stereocenters. The molecule has 1 aliphatic heterocycles. The van der Waals surface area contributed by atoms with E-state index in [0.717, 1.165) is 43.0 Å². The molecule has 0 atom stereocenters. The van der Waals surface area contributed by atoms with Gasteiger partial charge in [0.15, 0.2) is 5.82 Å². The summed E-state index contributed by atoms with van der Waals surface area (Å²) in [5, 5.41) is 12.0. The summed E-state index contributed by atoms with van der Waals surface area (Å²) >= 11 is 0. The van der Waals surface area contributed by atoms with Crippen molar-refractivity contribution in [3.05, 3.63) is 65.9 Å². The number of benzene rings is 2. The molecule has 0 bridgehead atoms. The molecule has 0 saturated heterocycles. The van der Waals surface area contributed by atoms with Gasteiger partial charge in [0.25, 0.3) is 5.91 Å². The molecule has 5 rings (SSSR count). The van der Waals surface area contributed by atoms with Gasteiger partial charge < -0.3 is 14.9 Å². The van der Waals surface area contributed by atoms with Gasteiger partial charge in [0.1, 0.15) is 17.3 Å². The van der Waals surface area contributed by atoms with Crippen molar-refractivity contribution in [1.82, 2.24) is 19.7 Å². The first-order valence-electron chi connectivity index (χ1n) is 9.80. The van der Waals surface area contributed by atoms with Gasteiger partial charge in [-0.05, 0) is 43.2 Å². The minimum Gasteiger partial charge on any atom is -0.350 e. The second kappa shape index (κ2) is 7.16. The zero-order chi connectivity index (χ0) is 19.8. The monoisotopic (exact) mass is 389 g/mol. The van der Waals surface area contributed by atoms with Gasteiger partial charge in [-0.3, -0.25) is 4.79 Å². The quantitative estimate of drug-likeness (QED) is 0.540. The summed E-state index contributed by atoms with van der Waals surface area (Å²) in [6, 6.07) is 13.8. The molecule has 0 fully saturated rings. The largest absolute Gasteiger partial charge is 0.350 e. The fraction of sp³-hybridized carbons (Fsp3) is 0.227. The molecule has 2 N–H and O–H groups in total. The highest BCUT2D eigenvalue weighted by Crippen LogP contribution is 2.25. The SMILES string of the molecule is O=C(Nc1cccc(-c2nnc3n2CCCCC3)c1)c1cc2c(F)cccc2[nH]1. The van der Waals surface area contributed by atoms with Crippen LogP contribution >= 0.6 is 0 Å². The van der Waals surface area contributed by atoms with Gasteiger partial charge in [0.05, 0.1) is 0 Å². The molecule has 0 saturated carbocycles. The standard InChI is InChI=1S/C22H20FN5O/c23-17-8-5-9-18-16(17)13-19(25-18)22(29)24-15-7-4-6-14(12-15)21-27-26-20-10-2-1-3-11-28(20)21/h4-9,12-13,25H,1-3,10-11H2,(H,24,29). The molecule has 4 aromatic rings. The van der Waals surface area contributed by atoms with E-state index in [-0.39, 0.29) is 11.7 Å². The Hall–Kier alpha value is -3.48. The maximum atomic E-state index is 13.9. The van der Waals surface area contributed by atoms with Gasteiger partial charge in [-0.15, -0.1) is 10.2 Å². The number of nitrogens with zero attached hydrogens (tertiary/aromatic N) is 3. The molecule has 2 aromatic heterocycles. The van der Waals surface area contributed by atoms with Gasteiger partial charge in [0, 0.05) is 35.1 Å². The van der Waals surface area contributed by atoms with E-state index in [2.05, 4.69) is 25.1 Å². The van der Waals surface area contributed by atoms with E-state index in [9.17, 15) is 9.18 Å². The maximum Gasteiger partial charge on any atom is 0.272 e. The number of H-pyrrole nitrogens is 1. The minimum absolute atomic E-state index is 0.312. The lowest BCUT2D eigenvalue weighted by molar-refractivity contribution is 0.102. The van der Waals surface area contributed by atoms with Crippen LogP contribution in [-0.4, -0.2) is 25.7 Å². The topological polar surface area (TPSA) is 75.6 Å². The number of hydrogen-bond donors (Lipinski definition) is 2. The van der Waals surface area contributed by atoms with Gasteiger partial charge in [0.2, 0.25) is 0 Å². The molecule has 1 aliphatic rings. The van der Waals surface area contributed by atoms with Crippen LogP contribution in [0.4, 0.5) is 10.1 Å². The van der Waals surface area contributed by atoms with E-state index in [1.54, 1.807) is 12.1 Å². The molecule has 3 heterocycles. The van der Waals surface area contributed by atoms with Crippen LogP contribution < -0.4 is 5.32 Å². The summed E-state index contributed by atoms with van der Waals surface area (Å²) in [4.78, 5) is 15.6. The van der Waals surface area contributed by atoms with Crippen molar-refractivity contribution in [3.8, 4) is 11.4 Å². The average Bonchev–Trinajstić information content (AvgIpc) is 3.27. The summed E-state index contributed by atoms with van der Waals surface area (Å²) < 4.78 is 16.1. The number of hydrogen-bond acceptors (Lipinski definition) is 3. The zero-order valence-corrected chi connectivity index (χ0v) is 15.8. The van der Waals surface area contributed by atoms with Crippen LogP contribution in [-0.2, 0) is 13.0 Å². The summed E-state index contributed by atoms with van der Waals surface area (Å²) in [7, 11) is 0. The second-order valence-corrected chi connectivity index (χ2v) is 7.32. The third-order valence-electron chi connectivity index (χ3n) is 5.34. The van der Waals surface area contributed by atoms with Crippen molar-refractivity contribution in [1.29, 1.82) is 0 Å². The van der Waals surface area contributed by atoms with Crippen LogP contribution in [0.15, 0.2) is 48.5 Å². The average molecular weight is 389 g/mol. The normalized spacial score (nSPS) is 13.8. The summed E-state index contributed by atoms with van der Waals surface area (Å²) in [5.41, 5.74) is 2.46. The highest BCUT2D eigenvalue weighted by atomic mass is 19.1. The molecule has 0 spiro atoms. The van der Waals surface area contributed by atoms with E-state index in [0.29, 0.717) is 22.3 Å². The van der Waals surface area contributed by atoms with Crippen molar-refractivity contribution in [2.24, 2.45) is 0 Å². The first kappa shape index (κ1) is 17.6. The van der Waals surface area contributed by atoms with Gasteiger partial charge in [-0.25, -0.2) is 4.39 Å². The number of aromatic amines is 1. The van der Waals surface area contributed by atoms with E-state index in [1.165, 1.54) is 18.6 Å². The molecule has 29 heavy (non-hydrogen) atoms. The first-order chi connectivity index (χ1) is 14.2. The first-order valence-corrected chi connectivity index (χ1v) is 9.80. The van der Waals surface area contributed by atoms with Gasteiger partial charge >= 0.3 is 0 Å². The summed E-state index contributed by atoms with van der Waals surface area (Å²) in [5.74, 6) is 1.17. The van der Waals surface area contributed by atoms with E-state index in [1.807, 2.05) is 24.3 Å². The van der Waals surface area contributed by atoms with Crippen molar-refractivity contribution in [2.45, 2.75) is 32.2 Å². The van der Waals surface area contributed by atoms with E-state index in [4.69, 9.17) is 0 Å². The Morgan fingerprint density at radius 1 is 1.07 bits per heavy atom. The van der Waals surface area contributed by atoms with Crippen molar-refractivity contribution in [2.75, 3.05) is 5.32 Å². The zero-order valence-electron chi connectivity index (χ0n) is 15.8. The number of nitrogens with one attached hydrogen (secondary N) is 2. The predicted molar refractivity (Wildman–Crippen MR) is 109 cm³/mol. The number of aromatic nitrogens is 4. The van der Waals surface area contributed by atoms with Crippen LogP contribution in [0.3, 0.4) is 0 Å². The van der Waals surface area contributed by atoms with Crippen LogP contribution in [0, 0.1) is 5.82 Å². The number of fused-ring (bicyclic) bond motifs is 2. The number of amides is 1. The molecule has 1 amide bonds. The van der Waals surface area contributed by atoms with Gasteiger partial charge in [-0.2, -0.15) is 0 Å². The molecular weight excluding hydrogens is 369 g/mol. The van der Waals surface area contributed by atoms with E-state index >= 15 is 0 Å². The van der Waals surface area contributed by atoms with Gasteiger partial charge in [-0.1, -0.05) is 24.6 Å². The highest BCUT2D eigenvalue weighted by Gasteiger charge is 2.17. The Bertz CT molecular complexity index is 1210. The second-order valence-electron chi connectivity index (χ2n) is 7.32. The van der Waals surface area contributed by atoms with Crippen molar-refractivity contribution in [3.63, 3.8) is 0 Å². The Labute approximate surface area is 166 Å². The molecule has 7 heteroatoms. The lowest BCUT2D eigenvalue weighted by Crippen LogP contribution is -2.12. The fourth-order valence-electron chi connectivity index (χ4n) is 3.87. The highest BCUT2D eigenvalue weighted by molar-refractivity contribution is 6.06. The number of carbonyl (C=O) groups is 1. The molecule has 2 aromatic carbocycles. The Balaban J connectivity index is 1.42. The minimum atomic E-state index is -0.354. The Kier molecular flexibility index (Phi) is 4.35. The van der Waals surface area contributed by atoms with Crippen LogP contribution in [0.5, 0.6) is 0 Å². The number of halogens is 1. The smallest absolute Gasteiger partial charge is 0.272 e. The Morgan fingerprint density at radius 2 is 1.97 bits per heavy atom. The third kappa shape index (κ3) is 3.29. The fourth-order valence-corrected chi connectivity index (χ4v) is 3.87. The molecule has 0 radical (unpaired) electrons. The third-order valence-corrected chi connectivity index (χ3v) is 5.34. The van der Waals surface area contributed by atoms with E-state index < -0.39 is 0 Å². The van der Waals surface area contributed by atoms with Crippen LogP contribution in [0.2, 0.25) is 0 Å².